The van der Waals surface area contributed by atoms with E-state index in [9.17, 15) is 22.8 Å². The van der Waals surface area contributed by atoms with Crippen molar-refractivity contribution in [1.82, 2.24) is 15.2 Å². The number of hydrogen-bond acceptors (Lipinski definition) is 5. The van der Waals surface area contributed by atoms with E-state index >= 15 is 0 Å². The van der Waals surface area contributed by atoms with E-state index in [0.29, 0.717) is 12.0 Å². The molecular weight excluding hydrogens is 439 g/mol. The van der Waals surface area contributed by atoms with Crippen LogP contribution in [0.5, 0.6) is 5.88 Å². The van der Waals surface area contributed by atoms with E-state index < -0.39 is 24.7 Å². The number of furan rings is 1. The van der Waals surface area contributed by atoms with E-state index in [-0.39, 0.29) is 30.6 Å². The van der Waals surface area contributed by atoms with Gasteiger partial charge in [-0.3, -0.25) is 9.59 Å². The summed E-state index contributed by atoms with van der Waals surface area (Å²) in [6.45, 7) is -1.18. The highest BCUT2D eigenvalue weighted by Gasteiger charge is 2.36. The third kappa shape index (κ3) is 5.51. The molecule has 0 fully saturated rings. The monoisotopic (exact) mass is 459 g/mol. The third-order valence-electron chi connectivity index (χ3n) is 5.19. The molecule has 0 spiro atoms. The average molecular weight is 459 g/mol. The molecule has 1 N–H and O–H groups in total. The van der Waals surface area contributed by atoms with Crippen molar-refractivity contribution in [1.29, 1.82) is 0 Å². The fourth-order valence-electron chi connectivity index (χ4n) is 3.61. The number of amides is 2. The van der Waals surface area contributed by atoms with Crippen LogP contribution >= 0.6 is 0 Å². The van der Waals surface area contributed by atoms with E-state index in [1.54, 1.807) is 12.1 Å². The number of fused-ring (bicyclic) bond motifs is 1. The maximum Gasteiger partial charge on any atom is 0.422 e. The largest absolute Gasteiger partial charge is 0.468 e. The van der Waals surface area contributed by atoms with Crippen LogP contribution in [0.1, 0.15) is 27.2 Å². The lowest BCUT2D eigenvalue weighted by atomic mass is 9.93. The zero-order valence-corrected chi connectivity index (χ0v) is 17.3. The SMILES string of the molecule is O=C(NCc1ccnc(OCC(F)(F)F)c1)C1Cc2ccccc2CN1C(=O)c1ccco1. The summed E-state index contributed by atoms with van der Waals surface area (Å²) in [5.41, 5.74) is 2.42. The zero-order chi connectivity index (χ0) is 23.4. The summed E-state index contributed by atoms with van der Waals surface area (Å²) in [5.74, 6) is -0.853. The number of rotatable bonds is 6. The van der Waals surface area contributed by atoms with E-state index in [2.05, 4.69) is 15.0 Å². The van der Waals surface area contributed by atoms with Crippen LogP contribution in [0, 0.1) is 0 Å². The molecule has 10 heteroatoms. The van der Waals surface area contributed by atoms with Gasteiger partial charge in [0, 0.05) is 31.8 Å². The van der Waals surface area contributed by atoms with Gasteiger partial charge in [-0.15, -0.1) is 0 Å². The Morgan fingerprint density at radius 1 is 1.15 bits per heavy atom. The van der Waals surface area contributed by atoms with Crippen molar-refractivity contribution in [3.05, 3.63) is 83.4 Å². The van der Waals surface area contributed by atoms with E-state index in [4.69, 9.17) is 4.42 Å². The molecule has 2 amide bonds. The predicted molar refractivity (Wildman–Crippen MR) is 110 cm³/mol. The minimum atomic E-state index is -4.48. The van der Waals surface area contributed by atoms with Gasteiger partial charge in [-0.25, -0.2) is 4.98 Å². The van der Waals surface area contributed by atoms with Crippen LogP contribution in [0.15, 0.2) is 65.4 Å². The normalized spacial score (nSPS) is 15.6. The molecule has 3 aromatic rings. The number of nitrogens with zero attached hydrogens (tertiary/aromatic N) is 2. The average Bonchev–Trinajstić information content (AvgIpc) is 3.35. The molecule has 1 aliphatic heterocycles. The lowest BCUT2D eigenvalue weighted by Gasteiger charge is -2.35. The smallest absolute Gasteiger partial charge is 0.422 e. The van der Waals surface area contributed by atoms with Crippen LogP contribution in [0.2, 0.25) is 0 Å². The van der Waals surface area contributed by atoms with Crippen LogP contribution < -0.4 is 10.1 Å². The van der Waals surface area contributed by atoms with Crippen molar-refractivity contribution in [3.63, 3.8) is 0 Å². The zero-order valence-electron chi connectivity index (χ0n) is 17.3. The maximum absolute atomic E-state index is 13.1. The summed E-state index contributed by atoms with van der Waals surface area (Å²) in [6, 6.07) is 12.8. The molecule has 172 valence electrons. The van der Waals surface area contributed by atoms with Crippen molar-refractivity contribution < 1.29 is 31.9 Å². The summed E-state index contributed by atoms with van der Waals surface area (Å²) in [7, 11) is 0. The lowest BCUT2D eigenvalue weighted by Crippen LogP contribution is -2.52. The van der Waals surface area contributed by atoms with Crippen LogP contribution in [-0.4, -0.2) is 40.5 Å². The minimum Gasteiger partial charge on any atom is -0.468 e. The number of ether oxygens (including phenoxy) is 1. The van der Waals surface area contributed by atoms with Gasteiger partial charge in [0.2, 0.25) is 11.8 Å². The van der Waals surface area contributed by atoms with Gasteiger partial charge < -0.3 is 19.4 Å². The number of halogens is 3. The summed E-state index contributed by atoms with van der Waals surface area (Å²) < 4.78 is 47.0. The van der Waals surface area contributed by atoms with Gasteiger partial charge in [0.1, 0.15) is 6.04 Å². The molecule has 3 heterocycles. The van der Waals surface area contributed by atoms with E-state index in [1.807, 2.05) is 24.3 Å². The highest BCUT2D eigenvalue weighted by molar-refractivity contribution is 5.96. The molecule has 1 unspecified atom stereocenters. The molecule has 7 nitrogen and oxygen atoms in total. The Balaban J connectivity index is 1.47. The summed E-state index contributed by atoms with van der Waals surface area (Å²) in [5, 5.41) is 2.76. The van der Waals surface area contributed by atoms with E-state index in [0.717, 1.165) is 11.1 Å². The van der Waals surface area contributed by atoms with Crippen molar-refractivity contribution >= 4 is 11.8 Å². The van der Waals surface area contributed by atoms with Gasteiger partial charge in [0.15, 0.2) is 12.4 Å². The number of alkyl halides is 3. The summed E-state index contributed by atoms with van der Waals surface area (Å²) in [6.07, 6.45) is -1.46. The Kier molecular flexibility index (Phi) is 6.34. The number of nitrogens with one attached hydrogen (secondary N) is 1. The van der Waals surface area contributed by atoms with Gasteiger partial charge in [0.25, 0.3) is 5.91 Å². The first-order valence-electron chi connectivity index (χ1n) is 10.1. The quantitative estimate of drug-likeness (QED) is 0.610. The van der Waals surface area contributed by atoms with Crippen molar-refractivity contribution in [2.45, 2.75) is 31.7 Å². The molecule has 33 heavy (non-hydrogen) atoms. The predicted octanol–water partition coefficient (Wildman–Crippen LogP) is 3.50. The number of benzene rings is 1. The molecule has 0 saturated heterocycles. The summed E-state index contributed by atoms with van der Waals surface area (Å²) in [4.78, 5) is 31.3. The molecule has 1 atom stereocenters. The van der Waals surface area contributed by atoms with Gasteiger partial charge in [-0.2, -0.15) is 13.2 Å². The molecule has 0 radical (unpaired) electrons. The second-order valence-electron chi connectivity index (χ2n) is 7.52. The maximum atomic E-state index is 13.1. The molecule has 1 aliphatic rings. The number of carbonyl (C=O) groups is 2. The van der Waals surface area contributed by atoms with Crippen molar-refractivity contribution in [3.8, 4) is 5.88 Å². The number of carbonyl (C=O) groups excluding carboxylic acids is 2. The van der Waals surface area contributed by atoms with Gasteiger partial charge in [0.05, 0.1) is 6.26 Å². The first-order valence-corrected chi connectivity index (χ1v) is 10.1. The number of pyridine rings is 1. The highest BCUT2D eigenvalue weighted by atomic mass is 19.4. The Bertz CT molecular complexity index is 1130. The molecule has 0 saturated carbocycles. The summed E-state index contributed by atoms with van der Waals surface area (Å²) >= 11 is 0. The number of hydrogen-bond donors (Lipinski definition) is 1. The van der Waals surface area contributed by atoms with Gasteiger partial charge in [-0.1, -0.05) is 24.3 Å². The highest BCUT2D eigenvalue weighted by Crippen LogP contribution is 2.25. The second kappa shape index (κ2) is 9.35. The topological polar surface area (TPSA) is 84.7 Å². The molecular formula is C23H20F3N3O4. The molecule has 0 aliphatic carbocycles. The van der Waals surface area contributed by atoms with Crippen LogP contribution in [0.4, 0.5) is 13.2 Å². The first-order chi connectivity index (χ1) is 15.8. The molecule has 2 aromatic heterocycles. The number of aromatic nitrogens is 1. The molecule has 1 aromatic carbocycles. The van der Waals surface area contributed by atoms with Crippen LogP contribution in [0.3, 0.4) is 0 Å². The first kappa shape index (κ1) is 22.4. The Hall–Kier alpha value is -3.82. The lowest BCUT2D eigenvalue weighted by molar-refractivity contribution is -0.154. The van der Waals surface area contributed by atoms with Crippen molar-refractivity contribution in [2.75, 3.05) is 6.61 Å². The molecule has 0 bridgehead atoms. The van der Waals surface area contributed by atoms with Crippen LogP contribution in [0.25, 0.3) is 0 Å². The van der Waals surface area contributed by atoms with Crippen molar-refractivity contribution in [2.24, 2.45) is 0 Å². The van der Waals surface area contributed by atoms with Crippen LogP contribution in [-0.2, 0) is 24.3 Å². The standard InChI is InChI=1S/C23H20F3N3O4/c24-23(25,26)14-33-20-10-15(7-8-27-20)12-28-21(30)18-11-16-4-1-2-5-17(16)13-29(18)22(31)19-6-3-9-32-19/h1-10,18H,11-14H2,(H,28,30). The Labute approximate surface area is 187 Å². The molecule has 4 rings (SSSR count). The second-order valence-corrected chi connectivity index (χ2v) is 7.52. The Morgan fingerprint density at radius 3 is 2.67 bits per heavy atom. The van der Waals surface area contributed by atoms with E-state index in [1.165, 1.54) is 29.5 Å². The fourth-order valence-corrected chi connectivity index (χ4v) is 3.61. The van der Waals surface area contributed by atoms with Gasteiger partial charge in [-0.05, 0) is 34.9 Å². The third-order valence-corrected chi connectivity index (χ3v) is 5.19. The fraction of sp³-hybridized carbons (Fsp3) is 0.261. The van der Waals surface area contributed by atoms with Gasteiger partial charge >= 0.3 is 6.18 Å². The minimum absolute atomic E-state index is 0.0324. The Morgan fingerprint density at radius 2 is 1.94 bits per heavy atom.